The van der Waals surface area contributed by atoms with Crippen LogP contribution in [0.4, 0.5) is 5.00 Å². The number of carbonyl (C=O) groups excluding carboxylic acids is 2. The number of furan rings is 1. The number of esters is 1. The van der Waals surface area contributed by atoms with Gasteiger partial charge in [-0.05, 0) is 57.9 Å². The maximum Gasteiger partial charge on any atom is 0.341 e. The van der Waals surface area contributed by atoms with Crippen LogP contribution >= 0.6 is 11.3 Å². The minimum Gasteiger partial charge on any atom is -0.462 e. The summed E-state index contributed by atoms with van der Waals surface area (Å²) in [5.41, 5.74) is 1.37. The van der Waals surface area contributed by atoms with Gasteiger partial charge in [-0.2, -0.15) is 0 Å². The minimum absolute atomic E-state index is 0.219. The Morgan fingerprint density at radius 2 is 2.04 bits per heavy atom. The first-order chi connectivity index (χ1) is 11.8. The third-order valence-electron chi connectivity index (χ3n) is 3.51. The molecule has 1 N–H and O–H groups in total. The van der Waals surface area contributed by atoms with Crippen LogP contribution in [0.5, 0.6) is 0 Å². The standard InChI is InChI=1S/C19H23NO4S/c1-6-15-13(5)25-18(17(15)19(22)23-11(2)3)20-16(21)10-9-14-8-7-12(4)24-14/h7-11H,6H2,1-5H3,(H,20,21). The van der Waals surface area contributed by atoms with Crippen LogP contribution in [0, 0.1) is 13.8 Å². The Morgan fingerprint density at radius 1 is 1.32 bits per heavy atom. The smallest absolute Gasteiger partial charge is 0.341 e. The molecule has 0 aliphatic carbocycles. The van der Waals surface area contributed by atoms with Crippen LogP contribution in [-0.4, -0.2) is 18.0 Å². The molecule has 0 saturated carbocycles. The Balaban J connectivity index is 2.22. The van der Waals surface area contributed by atoms with E-state index < -0.39 is 5.97 Å². The minimum atomic E-state index is -0.405. The molecule has 0 aliphatic heterocycles. The summed E-state index contributed by atoms with van der Waals surface area (Å²) in [6, 6.07) is 3.61. The van der Waals surface area contributed by atoms with Crippen LogP contribution in [0.3, 0.4) is 0 Å². The van der Waals surface area contributed by atoms with Crippen LogP contribution in [0.15, 0.2) is 22.6 Å². The average molecular weight is 361 g/mol. The average Bonchev–Trinajstić information content (AvgIpc) is 3.07. The first-order valence-electron chi connectivity index (χ1n) is 8.20. The molecule has 0 spiro atoms. The van der Waals surface area contributed by atoms with Gasteiger partial charge in [0.05, 0.1) is 11.7 Å². The van der Waals surface area contributed by atoms with Crippen molar-refractivity contribution in [2.45, 2.75) is 47.1 Å². The SMILES string of the molecule is CCc1c(C)sc(NC(=O)C=Cc2ccc(C)o2)c1C(=O)OC(C)C. The highest BCUT2D eigenvalue weighted by Crippen LogP contribution is 2.34. The zero-order chi connectivity index (χ0) is 18.6. The third-order valence-corrected chi connectivity index (χ3v) is 4.57. The number of hydrogen-bond acceptors (Lipinski definition) is 5. The van der Waals surface area contributed by atoms with Crippen molar-refractivity contribution in [1.82, 2.24) is 0 Å². The molecule has 2 aromatic heterocycles. The van der Waals surface area contributed by atoms with Crippen LogP contribution in [0.1, 0.15) is 53.1 Å². The van der Waals surface area contributed by atoms with E-state index in [0.717, 1.165) is 16.2 Å². The topological polar surface area (TPSA) is 68.5 Å². The third kappa shape index (κ3) is 4.82. The number of aryl methyl sites for hydroxylation is 2. The van der Waals surface area contributed by atoms with Gasteiger partial charge in [-0.3, -0.25) is 4.79 Å². The van der Waals surface area contributed by atoms with Gasteiger partial charge in [0.15, 0.2) is 0 Å². The summed E-state index contributed by atoms with van der Waals surface area (Å²) in [5, 5.41) is 3.31. The van der Waals surface area contributed by atoms with Gasteiger partial charge in [0.1, 0.15) is 16.5 Å². The van der Waals surface area contributed by atoms with Gasteiger partial charge in [0.2, 0.25) is 5.91 Å². The molecule has 0 atom stereocenters. The molecule has 0 radical (unpaired) electrons. The van der Waals surface area contributed by atoms with Crippen molar-refractivity contribution >= 4 is 34.3 Å². The maximum atomic E-state index is 12.4. The molecule has 25 heavy (non-hydrogen) atoms. The molecule has 0 aromatic carbocycles. The fourth-order valence-electron chi connectivity index (χ4n) is 2.44. The number of hydrogen-bond donors (Lipinski definition) is 1. The number of ether oxygens (including phenoxy) is 1. The highest BCUT2D eigenvalue weighted by molar-refractivity contribution is 7.16. The van der Waals surface area contributed by atoms with E-state index in [1.165, 1.54) is 17.4 Å². The number of nitrogens with one attached hydrogen (secondary N) is 1. The van der Waals surface area contributed by atoms with Crippen molar-refractivity contribution in [3.05, 3.63) is 45.7 Å². The molecule has 0 unspecified atom stereocenters. The number of thiophene rings is 1. The zero-order valence-electron chi connectivity index (χ0n) is 15.1. The van der Waals surface area contributed by atoms with E-state index in [-0.39, 0.29) is 12.0 Å². The van der Waals surface area contributed by atoms with E-state index >= 15 is 0 Å². The molecule has 5 nitrogen and oxygen atoms in total. The number of rotatable bonds is 6. The molecule has 2 rings (SSSR count). The molecule has 0 aliphatic rings. The highest BCUT2D eigenvalue weighted by Gasteiger charge is 2.23. The molecule has 6 heteroatoms. The Morgan fingerprint density at radius 3 is 2.60 bits per heavy atom. The summed E-state index contributed by atoms with van der Waals surface area (Å²) < 4.78 is 10.7. The second-order valence-electron chi connectivity index (χ2n) is 5.92. The van der Waals surface area contributed by atoms with Crippen molar-refractivity contribution in [2.75, 3.05) is 5.32 Å². The second-order valence-corrected chi connectivity index (χ2v) is 7.14. The van der Waals surface area contributed by atoms with Crippen molar-refractivity contribution < 1.29 is 18.7 Å². The maximum absolute atomic E-state index is 12.4. The first-order valence-corrected chi connectivity index (χ1v) is 9.02. The Bertz CT molecular complexity index is 798. The summed E-state index contributed by atoms with van der Waals surface area (Å²) in [6.07, 6.45) is 3.46. The summed E-state index contributed by atoms with van der Waals surface area (Å²) in [6.45, 7) is 9.35. The summed E-state index contributed by atoms with van der Waals surface area (Å²) in [7, 11) is 0. The molecular weight excluding hydrogens is 338 g/mol. The summed E-state index contributed by atoms with van der Waals surface area (Å²) in [5.74, 6) is 0.651. The van der Waals surface area contributed by atoms with E-state index in [1.807, 2.05) is 26.8 Å². The Labute approximate surface area is 151 Å². The number of anilines is 1. The summed E-state index contributed by atoms with van der Waals surface area (Å²) in [4.78, 5) is 25.6. The largest absolute Gasteiger partial charge is 0.462 e. The zero-order valence-corrected chi connectivity index (χ0v) is 16.0. The van der Waals surface area contributed by atoms with Crippen molar-refractivity contribution in [1.29, 1.82) is 0 Å². The lowest BCUT2D eigenvalue weighted by molar-refractivity contribution is -0.111. The fourth-order valence-corrected chi connectivity index (χ4v) is 3.57. The van der Waals surface area contributed by atoms with Crippen LogP contribution in [0.25, 0.3) is 6.08 Å². The van der Waals surface area contributed by atoms with Gasteiger partial charge in [-0.1, -0.05) is 6.92 Å². The Kier molecular flexibility index (Phi) is 6.20. The molecule has 0 bridgehead atoms. The van der Waals surface area contributed by atoms with Gasteiger partial charge in [-0.25, -0.2) is 4.79 Å². The van der Waals surface area contributed by atoms with E-state index in [4.69, 9.17) is 9.15 Å². The molecule has 0 fully saturated rings. The van der Waals surface area contributed by atoms with Crippen molar-refractivity contribution in [3.63, 3.8) is 0 Å². The molecule has 0 saturated heterocycles. The fraction of sp³-hybridized carbons (Fsp3) is 0.368. The highest BCUT2D eigenvalue weighted by atomic mass is 32.1. The van der Waals surface area contributed by atoms with E-state index in [0.29, 0.717) is 22.7 Å². The molecule has 2 heterocycles. The number of amides is 1. The van der Waals surface area contributed by atoms with Crippen molar-refractivity contribution in [3.8, 4) is 0 Å². The van der Waals surface area contributed by atoms with Crippen LogP contribution < -0.4 is 5.32 Å². The molecule has 1 amide bonds. The van der Waals surface area contributed by atoms with Gasteiger partial charge in [-0.15, -0.1) is 11.3 Å². The lowest BCUT2D eigenvalue weighted by atomic mass is 10.1. The second kappa shape index (κ2) is 8.16. The molecular formula is C19H23NO4S. The van der Waals surface area contributed by atoms with Gasteiger partial charge in [0, 0.05) is 11.0 Å². The predicted molar refractivity (Wildman–Crippen MR) is 100 cm³/mol. The molecule has 2 aromatic rings. The van der Waals surface area contributed by atoms with E-state index in [2.05, 4.69) is 5.32 Å². The van der Waals surface area contributed by atoms with Crippen molar-refractivity contribution in [2.24, 2.45) is 0 Å². The van der Waals surface area contributed by atoms with Crippen LogP contribution in [-0.2, 0) is 16.0 Å². The predicted octanol–water partition coefficient (Wildman–Crippen LogP) is 4.74. The monoisotopic (exact) mass is 361 g/mol. The van der Waals surface area contributed by atoms with E-state index in [1.54, 1.807) is 26.0 Å². The van der Waals surface area contributed by atoms with Gasteiger partial charge < -0.3 is 14.5 Å². The van der Waals surface area contributed by atoms with Gasteiger partial charge in [0.25, 0.3) is 0 Å². The van der Waals surface area contributed by atoms with E-state index in [9.17, 15) is 9.59 Å². The molecule has 134 valence electrons. The normalized spacial score (nSPS) is 11.3. The Hall–Kier alpha value is -2.34. The number of carbonyl (C=O) groups is 2. The quantitative estimate of drug-likeness (QED) is 0.596. The summed E-state index contributed by atoms with van der Waals surface area (Å²) >= 11 is 1.38. The van der Waals surface area contributed by atoms with Gasteiger partial charge >= 0.3 is 5.97 Å². The lowest BCUT2D eigenvalue weighted by Crippen LogP contribution is -2.16. The first kappa shape index (κ1) is 19.0. The lowest BCUT2D eigenvalue weighted by Gasteiger charge is -2.10. The van der Waals surface area contributed by atoms with Crippen LogP contribution in [0.2, 0.25) is 0 Å².